The van der Waals surface area contributed by atoms with Crippen LogP contribution in [0.15, 0.2) is 47.4 Å². The number of benzene rings is 2. The summed E-state index contributed by atoms with van der Waals surface area (Å²) < 4.78 is 36.6. The molecule has 0 aliphatic heterocycles. The lowest BCUT2D eigenvalue weighted by Crippen LogP contribution is -2.18. The highest BCUT2D eigenvalue weighted by Gasteiger charge is 2.12. The van der Waals surface area contributed by atoms with Crippen molar-refractivity contribution in [3.63, 3.8) is 0 Å². The van der Waals surface area contributed by atoms with Crippen molar-refractivity contribution in [2.24, 2.45) is 0 Å². The van der Waals surface area contributed by atoms with Gasteiger partial charge in [-0.15, -0.1) is 0 Å². The van der Waals surface area contributed by atoms with E-state index in [1.807, 2.05) is 6.92 Å². The van der Waals surface area contributed by atoms with Gasteiger partial charge in [0, 0.05) is 11.8 Å². The fourth-order valence-electron chi connectivity index (χ4n) is 2.36. The van der Waals surface area contributed by atoms with Crippen molar-refractivity contribution in [1.29, 1.82) is 0 Å². The normalized spacial score (nSPS) is 11.4. The van der Waals surface area contributed by atoms with E-state index in [2.05, 4.69) is 10.0 Å². The predicted octanol–water partition coefficient (Wildman–Crippen LogP) is 3.31. The zero-order valence-corrected chi connectivity index (χ0v) is 17.2. The van der Waals surface area contributed by atoms with Crippen molar-refractivity contribution in [2.45, 2.75) is 11.8 Å². The van der Waals surface area contributed by atoms with Gasteiger partial charge in [0.05, 0.1) is 23.6 Å². The van der Waals surface area contributed by atoms with Gasteiger partial charge in [0.2, 0.25) is 15.9 Å². The van der Waals surface area contributed by atoms with Crippen LogP contribution in [0.2, 0.25) is 5.02 Å². The van der Waals surface area contributed by atoms with Crippen LogP contribution in [0.4, 0.5) is 5.69 Å². The van der Waals surface area contributed by atoms with Gasteiger partial charge < -0.3 is 14.8 Å². The standard InChI is InChI=1S/C19H21ClN2O5S/c1-4-27-17-11-13(10-16(20)19(17)26-3)8-9-18(23)22-14-6-5-7-15(12-14)28(24,25)21-2/h5-12,21H,4H2,1-3H3,(H,22,23)/b9-8+. The number of hydrogen-bond acceptors (Lipinski definition) is 5. The third-order valence-electron chi connectivity index (χ3n) is 3.64. The number of methoxy groups -OCH3 is 1. The number of hydrogen-bond donors (Lipinski definition) is 2. The van der Waals surface area contributed by atoms with E-state index in [-0.39, 0.29) is 4.90 Å². The highest BCUT2D eigenvalue weighted by atomic mass is 35.5. The van der Waals surface area contributed by atoms with Crippen LogP contribution in [0.5, 0.6) is 11.5 Å². The van der Waals surface area contributed by atoms with E-state index >= 15 is 0 Å². The number of halogens is 1. The molecule has 9 heteroatoms. The molecule has 0 bridgehead atoms. The van der Waals surface area contributed by atoms with Crippen molar-refractivity contribution < 1.29 is 22.7 Å². The molecular formula is C19H21ClN2O5S. The Kier molecular flexibility index (Phi) is 7.45. The fourth-order valence-corrected chi connectivity index (χ4v) is 3.43. The zero-order valence-electron chi connectivity index (χ0n) is 15.7. The summed E-state index contributed by atoms with van der Waals surface area (Å²) in [6.45, 7) is 2.28. The van der Waals surface area contributed by atoms with Gasteiger partial charge >= 0.3 is 0 Å². The first-order valence-electron chi connectivity index (χ1n) is 8.33. The van der Waals surface area contributed by atoms with Gasteiger partial charge in [-0.3, -0.25) is 4.79 Å². The summed E-state index contributed by atoms with van der Waals surface area (Å²) in [6.07, 6.45) is 2.88. The summed E-state index contributed by atoms with van der Waals surface area (Å²) in [4.78, 5) is 12.2. The second-order valence-electron chi connectivity index (χ2n) is 5.53. The van der Waals surface area contributed by atoms with Gasteiger partial charge in [-0.2, -0.15) is 0 Å². The molecule has 0 spiro atoms. The monoisotopic (exact) mass is 424 g/mol. The third-order valence-corrected chi connectivity index (χ3v) is 5.34. The van der Waals surface area contributed by atoms with Gasteiger partial charge in [-0.1, -0.05) is 17.7 Å². The average Bonchev–Trinajstić information content (AvgIpc) is 2.67. The molecule has 0 unspecified atom stereocenters. The number of amides is 1. The summed E-state index contributed by atoms with van der Waals surface area (Å²) in [5.74, 6) is 0.471. The Balaban J connectivity index is 2.18. The van der Waals surface area contributed by atoms with E-state index in [1.165, 1.54) is 32.4 Å². The third kappa shape index (κ3) is 5.48. The van der Waals surface area contributed by atoms with Gasteiger partial charge in [0.25, 0.3) is 0 Å². The number of ether oxygens (including phenoxy) is 2. The zero-order chi connectivity index (χ0) is 20.7. The molecular weight excluding hydrogens is 404 g/mol. The Hall–Kier alpha value is -2.55. The van der Waals surface area contributed by atoms with Crippen molar-refractivity contribution in [1.82, 2.24) is 4.72 Å². The number of anilines is 1. The molecule has 2 N–H and O–H groups in total. The van der Waals surface area contributed by atoms with Crippen LogP contribution < -0.4 is 19.5 Å². The van der Waals surface area contributed by atoms with E-state index in [1.54, 1.807) is 30.3 Å². The molecule has 0 aromatic heterocycles. The molecule has 0 aliphatic rings. The minimum absolute atomic E-state index is 0.0556. The molecule has 0 saturated carbocycles. The van der Waals surface area contributed by atoms with Crippen LogP contribution in [0.25, 0.3) is 6.08 Å². The molecule has 1 amide bonds. The van der Waals surface area contributed by atoms with E-state index in [0.717, 1.165) is 0 Å². The highest BCUT2D eigenvalue weighted by molar-refractivity contribution is 7.89. The van der Waals surface area contributed by atoms with Crippen LogP contribution in [-0.2, 0) is 14.8 Å². The topological polar surface area (TPSA) is 93.7 Å². The number of sulfonamides is 1. The quantitative estimate of drug-likeness (QED) is 0.634. The van der Waals surface area contributed by atoms with Gasteiger partial charge in [-0.25, -0.2) is 13.1 Å². The number of carbonyl (C=O) groups excluding carboxylic acids is 1. The van der Waals surface area contributed by atoms with Crippen LogP contribution in [0.1, 0.15) is 12.5 Å². The van der Waals surface area contributed by atoms with Crippen molar-refractivity contribution in [3.05, 3.63) is 53.1 Å². The second-order valence-corrected chi connectivity index (χ2v) is 7.82. The smallest absolute Gasteiger partial charge is 0.248 e. The average molecular weight is 425 g/mol. The summed E-state index contributed by atoms with van der Waals surface area (Å²) in [5, 5.41) is 2.98. The maximum Gasteiger partial charge on any atom is 0.248 e. The molecule has 150 valence electrons. The molecule has 0 saturated heterocycles. The lowest BCUT2D eigenvalue weighted by molar-refractivity contribution is -0.111. The van der Waals surface area contributed by atoms with Crippen molar-refractivity contribution >= 4 is 39.3 Å². The number of nitrogens with one attached hydrogen (secondary N) is 2. The molecule has 2 rings (SSSR count). The molecule has 28 heavy (non-hydrogen) atoms. The SMILES string of the molecule is CCOc1cc(/C=C/C(=O)Nc2cccc(S(=O)(=O)NC)c2)cc(Cl)c1OC. The summed E-state index contributed by atoms with van der Waals surface area (Å²) in [6, 6.07) is 9.30. The molecule has 0 aliphatic carbocycles. The van der Waals surface area contributed by atoms with Gasteiger partial charge in [0.15, 0.2) is 11.5 Å². The molecule has 0 fully saturated rings. The Labute approximate surface area is 169 Å². The fraction of sp³-hybridized carbons (Fsp3) is 0.211. The molecule has 2 aromatic carbocycles. The van der Waals surface area contributed by atoms with Gasteiger partial charge in [0.1, 0.15) is 0 Å². The van der Waals surface area contributed by atoms with Crippen molar-refractivity contribution in [3.8, 4) is 11.5 Å². The minimum atomic E-state index is -3.59. The van der Waals surface area contributed by atoms with E-state index in [4.69, 9.17) is 21.1 Å². The maximum absolute atomic E-state index is 12.2. The first kappa shape index (κ1) is 21.7. The molecule has 0 heterocycles. The summed E-state index contributed by atoms with van der Waals surface area (Å²) in [5.41, 5.74) is 1.00. The summed E-state index contributed by atoms with van der Waals surface area (Å²) >= 11 is 6.19. The van der Waals surface area contributed by atoms with Crippen LogP contribution in [0.3, 0.4) is 0 Å². The largest absolute Gasteiger partial charge is 0.491 e. The first-order chi connectivity index (χ1) is 13.3. The Morgan fingerprint density at radius 1 is 1.25 bits per heavy atom. The Morgan fingerprint density at radius 2 is 2.00 bits per heavy atom. The van der Waals surface area contributed by atoms with Crippen molar-refractivity contribution in [2.75, 3.05) is 26.1 Å². The van der Waals surface area contributed by atoms with E-state index < -0.39 is 15.9 Å². The molecule has 0 atom stereocenters. The van der Waals surface area contributed by atoms with Crippen LogP contribution in [0, 0.1) is 0 Å². The van der Waals surface area contributed by atoms with E-state index in [0.29, 0.717) is 34.4 Å². The molecule has 2 aromatic rings. The highest BCUT2D eigenvalue weighted by Crippen LogP contribution is 2.36. The lowest BCUT2D eigenvalue weighted by Gasteiger charge is -2.11. The van der Waals surface area contributed by atoms with Gasteiger partial charge in [-0.05, 0) is 55.9 Å². The summed E-state index contributed by atoms with van der Waals surface area (Å²) in [7, 11) is -0.779. The molecule has 0 radical (unpaired) electrons. The lowest BCUT2D eigenvalue weighted by atomic mass is 10.2. The number of carbonyl (C=O) groups is 1. The Morgan fingerprint density at radius 3 is 2.64 bits per heavy atom. The van der Waals surface area contributed by atoms with Crippen LogP contribution >= 0.6 is 11.6 Å². The minimum Gasteiger partial charge on any atom is -0.491 e. The molecule has 7 nitrogen and oxygen atoms in total. The van der Waals surface area contributed by atoms with E-state index in [9.17, 15) is 13.2 Å². The predicted molar refractivity (Wildman–Crippen MR) is 110 cm³/mol. The number of rotatable bonds is 8. The van der Waals surface area contributed by atoms with Crippen LogP contribution in [-0.4, -0.2) is 35.1 Å². The first-order valence-corrected chi connectivity index (χ1v) is 10.2. The Bertz CT molecular complexity index is 990. The maximum atomic E-state index is 12.2. The second kappa shape index (κ2) is 9.59.